The summed E-state index contributed by atoms with van der Waals surface area (Å²) in [5.74, 6) is -0.679. The minimum absolute atomic E-state index is 0.131. The second-order valence-corrected chi connectivity index (χ2v) is 12.9. The van der Waals surface area contributed by atoms with Gasteiger partial charge in [0.25, 0.3) is 0 Å². The largest absolute Gasteiger partial charge is 0.468 e. The van der Waals surface area contributed by atoms with E-state index >= 15 is 0 Å². The highest BCUT2D eigenvalue weighted by Gasteiger charge is 2.44. The van der Waals surface area contributed by atoms with Crippen LogP contribution in [0.2, 0.25) is 0 Å². The molecule has 0 unspecified atom stereocenters. The van der Waals surface area contributed by atoms with Crippen molar-refractivity contribution in [2.24, 2.45) is 5.41 Å². The lowest BCUT2D eigenvalue weighted by Crippen LogP contribution is -2.52. The van der Waals surface area contributed by atoms with Crippen LogP contribution in [0.15, 0.2) is 54.6 Å². The predicted molar refractivity (Wildman–Crippen MR) is 171 cm³/mol. The van der Waals surface area contributed by atoms with E-state index in [9.17, 15) is 19.2 Å². The number of rotatable bonds is 11. The summed E-state index contributed by atoms with van der Waals surface area (Å²) in [6.07, 6.45) is 0.617. The maximum atomic E-state index is 14.3. The van der Waals surface area contributed by atoms with Crippen LogP contribution in [-0.2, 0) is 43.5 Å². The number of hydrogen-bond acceptors (Lipinski definition) is 7. The molecule has 0 aliphatic carbocycles. The Hall–Kier alpha value is -4.08. The Morgan fingerprint density at radius 2 is 1.49 bits per heavy atom. The third kappa shape index (κ3) is 9.96. The number of nitrogens with zero attached hydrogens (tertiary/aromatic N) is 3. The fraction of sp³-hybridized carbons (Fsp3) is 0.543. The highest BCUT2D eigenvalue weighted by Crippen LogP contribution is 2.38. The monoisotopic (exact) mass is 623 g/mol. The molecule has 10 heteroatoms. The quantitative estimate of drug-likeness (QED) is 0.218. The van der Waals surface area contributed by atoms with Gasteiger partial charge in [-0.3, -0.25) is 9.59 Å². The van der Waals surface area contributed by atoms with Gasteiger partial charge in [-0.05, 0) is 70.6 Å². The third-order valence-electron chi connectivity index (χ3n) is 8.22. The van der Waals surface area contributed by atoms with E-state index in [1.807, 2.05) is 96.1 Å². The van der Waals surface area contributed by atoms with E-state index in [0.717, 1.165) is 16.7 Å². The molecule has 1 aliphatic heterocycles. The van der Waals surface area contributed by atoms with Crippen LogP contribution in [0.3, 0.4) is 0 Å². The van der Waals surface area contributed by atoms with Gasteiger partial charge < -0.3 is 28.9 Å². The van der Waals surface area contributed by atoms with Gasteiger partial charge in [-0.25, -0.2) is 9.59 Å². The molecule has 3 rings (SSSR count). The highest BCUT2D eigenvalue weighted by atomic mass is 16.6. The summed E-state index contributed by atoms with van der Waals surface area (Å²) in [7, 11) is 1.30. The van der Waals surface area contributed by atoms with Crippen molar-refractivity contribution in [1.29, 1.82) is 0 Å². The first kappa shape index (κ1) is 35.4. The number of carbonyl (C=O) groups excluding carboxylic acids is 4. The molecule has 246 valence electrons. The molecule has 0 saturated carbocycles. The fourth-order valence-electron chi connectivity index (χ4n) is 5.44. The second kappa shape index (κ2) is 15.8. The molecule has 0 radical (unpaired) electrons. The molecule has 1 heterocycles. The van der Waals surface area contributed by atoms with Crippen LogP contribution < -0.4 is 0 Å². The molecule has 0 atom stereocenters. The van der Waals surface area contributed by atoms with Gasteiger partial charge in [-0.1, -0.05) is 61.5 Å². The minimum Gasteiger partial charge on any atom is -0.468 e. The Balaban J connectivity index is 1.77. The highest BCUT2D eigenvalue weighted by molar-refractivity contribution is 5.86. The number of carbonyl (C=O) groups is 4. The van der Waals surface area contributed by atoms with E-state index in [1.54, 1.807) is 14.7 Å². The van der Waals surface area contributed by atoms with Crippen molar-refractivity contribution in [3.05, 3.63) is 71.3 Å². The summed E-state index contributed by atoms with van der Waals surface area (Å²) in [6, 6.07) is 17.0. The first-order chi connectivity index (χ1) is 21.3. The van der Waals surface area contributed by atoms with Gasteiger partial charge in [0.2, 0.25) is 5.91 Å². The molecule has 0 bridgehead atoms. The Morgan fingerprint density at radius 3 is 2.02 bits per heavy atom. The number of likely N-dealkylation sites (tertiary alicyclic amines) is 1. The standard InChI is InChI=1S/C35H49N3O7/c1-8-35(18-20-36(21-19-35)32(41)44-25-27-14-10-9-11-15-27)31(40)37(24-30(39)43-7)22-28-16-12-13-17-29(28)23-38(26(2)3)33(42)45-34(4,5)6/h9-17,26H,8,18-25H2,1-7H3. The molecule has 0 N–H and O–H groups in total. The van der Waals surface area contributed by atoms with Gasteiger partial charge >= 0.3 is 18.2 Å². The molecular formula is C35H49N3O7. The number of esters is 1. The number of ether oxygens (including phenoxy) is 3. The molecule has 1 fully saturated rings. The zero-order chi connectivity index (χ0) is 33.2. The summed E-state index contributed by atoms with van der Waals surface area (Å²) >= 11 is 0. The van der Waals surface area contributed by atoms with Crippen molar-refractivity contribution in [1.82, 2.24) is 14.7 Å². The van der Waals surface area contributed by atoms with Crippen molar-refractivity contribution < 1.29 is 33.4 Å². The lowest BCUT2D eigenvalue weighted by atomic mass is 9.74. The van der Waals surface area contributed by atoms with Gasteiger partial charge in [-0.15, -0.1) is 0 Å². The van der Waals surface area contributed by atoms with Gasteiger partial charge in [0, 0.05) is 32.2 Å². The van der Waals surface area contributed by atoms with E-state index in [4.69, 9.17) is 14.2 Å². The number of piperidine rings is 1. The topological polar surface area (TPSA) is 106 Å². The molecule has 0 spiro atoms. The van der Waals surface area contributed by atoms with E-state index in [0.29, 0.717) is 32.4 Å². The molecule has 0 aromatic heterocycles. The van der Waals surface area contributed by atoms with E-state index in [2.05, 4.69) is 0 Å². The summed E-state index contributed by atoms with van der Waals surface area (Å²) in [5.41, 5.74) is 1.18. The zero-order valence-electron chi connectivity index (χ0n) is 27.8. The van der Waals surface area contributed by atoms with Gasteiger partial charge in [0.05, 0.1) is 12.5 Å². The van der Waals surface area contributed by atoms with Gasteiger partial charge in [0.1, 0.15) is 18.8 Å². The molecule has 1 aliphatic rings. The van der Waals surface area contributed by atoms with Gasteiger partial charge in [0.15, 0.2) is 0 Å². The first-order valence-corrected chi connectivity index (χ1v) is 15.7. The minimum atomic E-state index is -0.750. The lowest BCUT2D eigenvalue weighted by molar-refractivity contribution is -0.154. The molecule has 2 aromatic rings. The van der Waals surface area contributed by atoms with E-state index < -0.39 is 29.2 Å². The zero-order valence-corrected chi connectivity index (χ0v) is 27.8. The van der Waals surface area contributed by atoms with Gasteiger partial charge in [-0.2, -0.15) is 0 Å². The molecule has 10 nitrogen and oxygen atoms in total. The van der Waals surface area contributed by atoms with Crippen LogP contribution in [0.5, 0.6) is 0 Å². The summed E-state index contributed by atoms with van der Waals surface area (Å²) in [6.45, 7) is 12.5. The van der Waals surface area contributed by atoms with Crippen molar-refractivity contribution in [2.45, 2.75) is 92.1 Å². The van der Waals surface area contributed by atoms with Crippen molar-refractivity contribution >= 4 is 24.1 Å². The normalized spacial score (nSPS) is 14.4. The molecule has 2 aromatic carbocycles. The number of benzene rings is 2. The van der Waals surface area contributed by atoms with Crippen LogP contribution >= 0.6 is 0 Å². The maximum absolute atomic E-state index is 14.3. The fourth-order valence-corrected chi connectivity index (χ4v) is 5.44. The van der Waals surface area contributed by atoms with E-state index in [-0.39, 0.29) is 38.2 Å². The molecule has 3 amide bonds. The van der Waals surface area contributed by atoms with Crippen molar-refractivity contribution in [3.63, 3.8) is 0 Å². The second-order valence-electron chi connectivity index (χ2n) is 12.9. The predicted octanol–water partition coefficient (Wildman–Crippen LogP) is 6.16. The van der Waals surface area contributed by atoms with Crippen LogP contribution in [0, 0.1) is 5.41 Å². The average molecular weight is 624 g/mol. The first-order valence-electron chi connectivity index (χ1n) is 15.7. The summed E-state index contributed by atoms with van der Waals surface area (Å²) < 4.78 is 16.1. The average Bonchev–Trinajstić information content (AvgIpc) is 3.01. The van der Waals surface area contributed by atoms with Crippen LogP contribution in [-0.4, -0.2) is 77.1 Å². The molecule has 45 heavy (non-hydrogen) atoms. The molecular weight excluding hydrogens is 574 g/mol. The third-order valence-corrected chi connectivity index (χ3v) is 8.22. The number of amides is 3. The lowest BCUT2D eigenvalue weighted by Gasteiger charge is -2.42. The smallest absolute Gasteiger partial charge is 0.410 e. The van der Waals surface area contributed by atoms with Crippen LogP contribution in [0.4, 0.5) is 9.59 Å². The Kier molecular flexibility index (Phi) is 12.4. The summed E-state index contributed by atoms with van der Waals surface area (Å²) in [5, 5.41) is 0. The van der Waals surface area contributed by atoms with Crippen molar-refractivity contribution in [3.8, 4) is 0 Å². The van der Waals surface area contributed by atoms with Crippen molar-refractivity contribution in [2.75, 3.05) is 26.7 Å². The SMILES string of the molecule is CCC1(C(=O)N(CC(=O)OC)Cc2ccccc2CN(C(=O)OC(C)(C)C)C(C)C)CCN(C(=O)OCc2ccccc2)CC1. The van der Waals surface area contributed by atoms with Crippen LogP contribution in [0.25, 0.3) is 0 Å². The number of hydrogen-bond donors (Lipinski definition) is 0. The summed E-state index contributed by atoms with van der Waals surface area (Å²) in [4.78, 5) is 57.5. The Labute approximate surface area is 267 Å². The molecule has 1 saturated heterocycles. The number of methoxy groups -OCH3 is 1. The van der Waals surface area contributed by atoms with Crippen LogP contribution in [0.1, 0.15) is 77.5 Å². The van der Waals surface area contributed by atoms with E-state index in [1.165, 1.54) is 7.11 Å². The Morgan fingerprint density at radius 1 is 0.911 bits per heavy atom. The Bertz CT molecular complexity index is 1300. The maximum Gasteiger partial charge on any atom is 0.410 e.